The summed E-state index contributed by atoms with van der Waals surface area (Å²) < 4.78 is 38.2. The van der Waals surface area contributed by atoms with Gasteiger partial charge in [-0.15, -0.1) is 0 Å². The third-order valence-electron chi connectivity index (χ3n) is 2.80. The van der Waals surface area contributed by atoms with Crippen molar-refractivity contribution in [2.24, 2.45) is 0 Å². The minimum absolute atomic E-state index is 0.136. The van der Waals surface area contributed by atoms with Gasteiger partial charge in [-0.1, -0.05) is 0 Å². The number of aryl methyl sites for hydroxylation is 1. The largest absolute Gasteiger partial charge is 0.496 e. The molecule has 0 aliphatic rings. The fraction of sp³-hybridized carbons (Fsp3) is 0.538. The zero-order valence-corrected chi connectivity index (χ0v) is 11.1. The topological polar surface area (TPSA) is 30.5 Å². The van der Waals surface area contributed by atoms with Crippen LogP contribution in [0.1, 0.15) is 17.5 Å². The molecular formula is C13H19F2NO2. The van der Waals surface area contributed by atoms with E-state index in [-0.39, 0.29) is 24.3 Å². The lowest BCUT2D eigenvalue weighted by Crippen LogP contribution is -2.21. The zero-order chi connectivity index (χ0) is 13.8. The van der Waals surface area contributed by atoms with E-state index in [1.54, 1.807) is 20.0 Å². The SMILES string of the molecule is CNCCC(F)(F)c1cc(OC)c(C)cc1OC. The number of halogens is 2. The van der Waals surface area contributed by atoms with E-state index in [0.717, 1.165) is 5.56 Å². The van der Waals surface area contributed by atoms with Crippen molar-refractivity contribution in [3.05, 3.63) is 23.3 Å². The number of benzene rings is 1. The molecule has 0 aliphatic carbocycles. The molecule has 0 heterocycles. The van der Waals surface area contributed by atoms with Crippen LogP contribution < -0.4 is 14.8 Å². The van der Waals surface area contributed by atoms with Gasteiger partial charge < -0.3 is 14.8 Å². The van der Waals surface area contributed by atoms with Gasteiger partial charge in [0.15, 0.2) is 0 Å². The van der Waals surface area contributed by atoms with Gasteiger partial charge in [0, 0.05) is 13.0 Å². The number of methoxy groups -OCH3 is 2. The van der Waals surface area contributed by atoms with Crippen molar-refractivity contribution >= 4 is 0 Å². The maximum Gasteiger partial charge on any atom is 0.278 e. The number of alkyl halides is 2. The Balaban J connectivity index is 3.20. The molecule has 0 amide bonds. The first-order valence-electron chi connectivity index (χ1n) is 5.71. The molecule has 3 nitrogen and oxygen atoms in total. The van der Waals surface area contributed by atoms with Crippen LogP contribution in [0.15, 0.2) is 12.1 Å². The Kier molecular flexibility index (Phi) is 4.90. The smallest absolute Gasteiger partial charge is 0.278 e. The molecule has 1 rings (SSSR count). The van der Waals surface area contributed by atoms with Crippen molar-refractivity contribution in [1.29, 1.82) is 0 Å². The van der Waals surface area contributed by atoms with Crippen molar-refractivity contribution in [1.82, 2.24) is 5.32 Å². The molecule has 1 N–H and O–H groups in total. The maximum absolute atomic E-state index is 14.1. The summed E-state index contributed by atoms with van der Waals surface area (Å²) in [5.41, 5.74) is 0.630. The Labute approximate surface area is 106 Å². The summed E-state index contributed by atoms with van der Waals surface area (Å²) in [6.45, 7) is 2.02. The van der Waals surface area contributed by atoms with Crippen molar-refractivity contribution in [2.45, 2.75) is 19.3 Å². The van der Waals surface area contributed by atoms with E-state index in [4.69, 9.17) is 9.47 Å². The fourth-order valence-corrected chi connectivity index (χ4v) is 1.75. The number of hydrogen-bond donors (Lipinski definition) is 1. The van der Waals surface area contributed by atoms with Crippen molar-refractivity contribution in [2.75, 3.05) is 27.8 Å². The highest BCUT2D eigenvalue weighted by atomic mass is 19.3. The minimum atomic E-state index is -2.95. The molecule has 5 heteroatoms. The van der Waals surface area contributed by atoms with Crippen LogP contribution in [0.2, 0.25) is 0 Å². The maximum atomic E-state index is 14.1. The second kappa shape index (κ2) is 6.00. The van der Waals surface area contributed by atoms with Gasteiger partial charge in [0.25, 0.3) is 5.92 Å². The lowest BCUT2D eigenvalue weighted by atomic mass is 10.0. The van der Waals surface area contributed by atoms with Gasteiger partial charge in [-0.3, -0.25) is 0 Å². The summed E-state index contributed by atoms with van der Waals surface area (Å²) in [5.74, 6) is -2.32. The molecular weight excluding hydrogens is 240 g/mol. The number of nitrogens with one attached hydrogen (secondary N) is 1. The molecule has 102 valence electrons. The fourth-order valence-electron chi connectivity index (χ4n) is 1.75. The Morgan fingerprint density at radius 3 is 2.28 bits per heavy atom. The summed E-state index contributed by atoms with van der Waals surface area (Å²) in [6, 6.07) is 2.92. The quantitative estimate of drug-likeness (QED) is 0.852. The second-order valence-electron chi connectivity index (χ2n) is 4.08. The summed E-state index contributed by atoms with van der Waals surface area (Å²) in [7, 11) is 4.49. The molecule has 1 aromatic carbocycles. The standard InChI is InChI=1S/C13H19F2NO2/c1-9-7-12(18-4)10(8-11(9)17-3)13(14,15)5-6-16-2/h7-8,16H,5-6H2,1-4H3. The predicted molar refractivity (Wildman–Crippen MR) is 66.7 cm³/mol. The van der Waals surface area contributed by atoms with Crippen LogP contribution in [-0.4, -0.2) is 27.8 Å². The van der Waals surface area contributed by atoms with E-state index in [0.29, 0.717) is 5.75 Å². The molecule has 0 spiro atoms. The Morgan fingerprint density at radius 1 is 1.17 bits per heavy atom. The number of ether oxygens (including phenoxy) is 2. The third-order valence-corrected chi connectivity index (χ3v) is 2.80. The average Bonchev–Trinajstić information content (AvgIpc) is 2.35. The molecule has 0 radical (unpaired) electrons. The van der Waals surface area contributed by atoms with Gasteiger partial charge in [0.2, 0.25) is 0 Å². The van der Waals surface area contributed by atoms with Gasteiger partial charge in [-0.05, 0) is 31.7 Å². The molecule has 0 saturated heterocycles. The van der Waals surface area contributed by atoms with Crippen molar-refractivity contribution < 1.29 is 18.3 Å². The Hall–Kier alpha value is -1.36. The number of rotatable bonds is 6. The molecule has 0 fully saturated rings. The molecule has 0 saturated carbocycles. The first-order valence-corrected chi connectivity index (χ1v) is 5.71. The van der Waals surface area contributed by atoms with Gasteiger partial charge in [-0.25, -0.2) is 8.78 Å². The normalized spacial score (nSPS) is 11.4. The highest BCUT2D eigenvalue weighted by Gasteiger charge is 2.34. The van der Waals surface area contributed by atoms with Crippen LogP contribution in [0.25, 0.3) is 0 Å². The second-order valence-corrected chi connectivity index (χ2v) is 4.08. The monoisotopic (exact) mass is 259 g/mol. The average molecular weight is 259 g/mol. The highest BCUT2D eigenvalue weighted by molar-refractivity contribution is 5.47. The lowest BCUT2D eigenvalue weighted by Gasteiger charge is -2.21. The first-order chi connectivity index (χ1) is 8.46. The van der Waals surface area contributed by atoms with Gasteiger partial charge >= 0.3 is 0 Å². The van der Waals surface area contributed by atoms with Crippen LogP contribution in [0.4, 0.5) is 8.78 Å². The molecule has 0 bridgehead atoms. The molecule has 0 aliphatic heterocycles. The van der Waals surface area contributed by atoms with E-state index >= 15 is 0 Å². The Morgan fingerprint density at radius 2 is 1.78 bits per heavy atom. The summed E-state index contributed by atoms with van der Waals surface area (Å²) in [5, 5.41) is 2.72. The first kappa shape index (κ1) is 14.7. The van der Waals surface area contributed by atoms with E-state index < -0.39 is 5.92 Å². The van der Waals surface area contributed by atoms with Gasteiger partial charge in [0.05, 0.1) is 19.8 Å². The molecule has 0 unspecified atom stereocenters. The summed E-state index contributed by atoms with van der Waals surface area (Å²) >= 11 is 0. The van der Waals surface area contributed by atoms with Crippen molar-refractivity contribution in [3.8, 4) is 11.5 Å². The number of hydrogen-bond acceptors (Lipinski definition) is 3. The highest BCUT2D eigenvalue weighted by Crippen LogP contribution is 2.40. The van der Waals surface area contributed by atoms with E-state index in [1.165, 1.54) is 20.3 Å². The Bertz CT molecular complexity index is 408. The minimum Gasteiger partial charge on any atom is -0.496 e. The van der Waals surface area contributed by atoms with Gasteiger partial charge in [-0.2, -0.15) is 0 Å². The molecule has 1 aromatic rings. The molecule has 0 atom stereocenters. The van der Waals surface area contributed by atoms with Crippen molar-refractivity contribution in [3.63, 3.8) is 0 Å². The van der Waals surface area contributed by atoms with Crippen LogP contribution >= 0.6 is 0 Å². The van der Waals surface area contributed by atoms with Crippen LogP contribution in [0.5, 0.6) is 11.5 Å². The van der Waals surface area contributed by atoms with Crippen LogP contribution in [-0.2, 0) is 5.92 Å². The zero-order valence-electron chi connectivity index (χ0n) is 11.1. The van der Waals surface area contributed by atoms with E-state index in [9.17, 15) is 8.78 Å². The molecule has 0 aromatic heterocycles. The van der Waals surface area contributed by atoms with Crippen LogP contribution in [0, 0.1) is 6.92 Å². The van der Waals surface area contributed by atoms with Crippen LogP contribution in [0.3, 0.4) is 0 Å². The molecule has 18 heavy (non-hydrogen) atoms. The lowest BCUT2D eigenvalue weighted by molar-refractivity contribution is -0.0146. The third kappa shape index (κ3) is 3.10. The summed E-state index contributed by atoms with van der Waals surface area (Å²) in [4.78, 5) is 0. The summed E-state index contributed by atoms with van der Waals surface area (Å²) in [6.07, 6.45) is -0.286. The van der Waals surface area contributed by atoms with Gasteiger partial charge in [0.1, 0.15) is 11.5 Å². The van der Waals surface area contributed by atoms with E-state index in [2.05, 4.69) is 5.32 Å². The predicted octanol–water partition coefficient (Wildman–Crippen LogP) is 2.71. The van der Waals surface area contributed by atoms with E-state index in [1.807, 2.05) is 0 Å².